The number of imide groups is 1. The van der Waals surface area contributed by atoms with Crippen LogP contribution in [-0.2, 0) is 11.3 Å². The molecule has 4 rings (SSSR count). The number of carbonyl (C=O) groups is 2. The van der Waals surface area contributed by atoms with Crippen LogP contribution in [0.5, 0.6) is 0 Å². The Bertz CT molecular complexity index is 1200. The van der Waals surface area contributed by atoms with E-state index in [0.29, 0.717) is 42.7 Å². The largest absolute Gasteiger partial charge is 0.457 e. The van der Waals surface area contributed by atoms with Crippen LogP contribution in [0, 0.1) is 0 Å². The summed E-state index contributed by atoms with van der Waals surface area (Å²) in [5.74, 6) is 0.514. The summed E-state index contributed by atoms with van der Waals surface area (Å²) in [6.45, 7) is 0.0976. The molecule has 1 fully saturated rings. The van der Waals surface area contributed by atoms with E-state index in [-0.39, 0.29) is 16.7 Å². The first-order chi connectivity index (χ1) is 14.3. The van der Waals surface area contributed by atoms with E-state index in [1.807, 2.05) is 0 Å². The van der Waals surface area contributed by atoms with Gasteiger partial charge in [-0.05, 0) is 53.7 Å². The quantitative estimate of drug-likeness (QED) is 0.344. The lowest BCUT2D eigenvalue weighted by Crippen LogP contribution is -2.27. The molecule has 9 heteroatoms. The van der Waals surface area contributed by atoms with Gasteiger partial charge in [0, 0.05) is 11.6 Å². The number of hydrogen-bond donors (Lipinski definition) is 0. The van der Waals surface area contributed by atoms with Crippen molar-refractivity contribution in [2.24, 2.45) is 0 Å². The lowest BCUT2D eigenvalue weighted by molar-refractivity contribution is -0.123. The maximum atomic E-state index is 12.7. The standard InChI is InChI=1S/C21H11Cl4NO3S/c22-14-6-4-11(8-16(14)24)10-26-20(27)18(30-21(26)28)9-12-5-7-17(29-12)13-2-1-3-15(23)19(13)25/h1-9H,10H2/b18-9-. The molecule has 0 aliphatic carbocycles. The van der Waals surface area contributed by atoms with Gasteiger partial charge in [0.15, 0.2) is 0 Å². The van der Waals surface area contributed by atoms with Crippen LogP contribution in [0.1, 0.15) is 11.3 Å². The average Bonchev–Trinajstić information content (AvgIpc) is 3.27. The Balaban J connectivity index is 1.56. The van der Waals surface area contributed by atoms with Crippen molar-refractivity contribution < 1.29 is 14.0 Å². The topological polar surface area (TPSA) is 50.5 Å². The summed E-state index contributed by atoms with van der Waals surface area (Å²) >= 11 is 25.1. The van der Waals surface area contributed by atoms with Crippen molar-refractivity contribution in [1.82, 2.24) is 4.90 Å². The number of nitrogens with zero attached hydrogens (tertiary/aromatic N) is 1. The van der Waals surface area contributed by atoms with Crippen LogP contribution in [0.3, 0.4) is 0 Å². The van der Waals surface area contributed by atoms with Gasteiger partial charge in [-0.3, -0.25) is 14.5 Å². The van der Waals surface area contributed by atoms with Gasteiger partial charge in [0.25, 0.3) is 11.1 Å². The van der Waals surface area contributed by atoms with E-state index in [9.17, 15) is 9.59 Å². The zero-order valence-corrected chi connectivity index (χ0v) is 18.8. The van der Waals surface area contributed by atoms with Gasteiger partial charge in [-0.1, -0.05) is 58.5 Å². The highest BCUT2D eigenvalue weighted by atomic mass is 35.5. The van der Waals surface area contributed by atoms with Crippen molar-refractivity contribution in [3.8, 4) is 11.3 Å². The van der Waals surface area contributed by atoms with Crippen molar-refractivity contribution in [1.29, 1.82) is 0 Å². The second-order valence-electron chi connectivity index (χ2n) is 6.32. The predicted molar refractivity (Wildman–Crippen MR) is 122 cm³/mol. The fraction of sp³-hybridized carbons (Fsp3) is 0.0476. The Kier molecular flexibility index (Phi) is 6.19. The number of amides is 2. The molecule has 0 unspecified atom stereocenters. The minimum atomic E-state index is -0.408. The molecule has 2 aromatic carbocycles. The molecule has 0 atom stereocenters. The number of thioether (sulfide) groups is 1. The fourth-order valence-corrected chi connectivity index (χ4v) is 4.39. The van der Waals surface area contributed by atoms with Gasteiger partial charge >= 0.3 is 0 Å². The summed E-state index contributed by atoms with van der Waals surface area (Å²) in [5, 5.41) is 1.18. The summed E-state index contributed by atoms with van der Waals surface area (Å²) in [7, 11) is 0. The van der Waals surface area contributed by atoms with Crippen molar-refractivity contribution >= 4 is 75.4 Å². The Morgan fingerprint density at radius 1 is 0.933 bits per heavy atom. The fourth-order valence-electron chi connectivity index (χ4n) is 2.86. The smallest absolute Gasteiger partial charge is 0.293 e. The normalized spacial score (nSPS) is 15.5. The molecule has 0 N–H and O–H groups in total. The molecular weight excluding hydrogens is 488 g/mol. The molecule has 0 saturated carbocycles. The van der Waals surface area contributed by atoms with Crippen LogP contribution < -0.4 is 0 Å². The van der Waals surface area contributed by atoms with Gasteiger partial charge in [0.05, 0.1) is 31.5 Å². The molecule has 4 nitrogen and oxygen atoms in total. The summed E-state index contributed by atoms with van der Waals surface area (Å²) < 4.78 is 5.79. The van der Waals surface area contributed by atoms with Crippen LogP contribution in [0.15, 0.2) is 57.9 Å². The summed E-state index contributed by atoms with van der Waals surface area (Å²) in [4.78, 5) is 26.5. The Hall–Kier alpha value is -1.89. The second-order valence-corrected chi connectivity index (χ2v) is 8.91. The van der Waals surface area contributed by atoms with E-state index < -0.39 is 5.91 Å². The predicted octanol–water partition coefficient (Wildman–Crippen LogP) is 7.80. The Morgan fingerprint density at radius 3 is 2.50 bits per heavy atom. The zero-order chi connectivity index (χ0) is 21.4. The van der Waals surface area contributed by atoms with Crippen LogP contribution in [0.4, 0.5) is 4.79 Å². The summed E-state index contributed by atoms with van der Waals surface area (Å²) in [6.07, 6.45) is 1.53. The molecule has 30 heavy (non-hydrogen) atoms. The number of halogens is 4. The highest BCUT2D eigenvalue weighted by Gasteiger charge is 2.35. The number of rotatable bonds is 4. The molecule has 152 valence electrons. The molecule has 2 heterocycles. The van der Waals surface area contributed by atoms with E-state index in [1.54, 1.807) is 48.5 Å². The van der Waals surface area contributed by atoms with Gasteiger partial charge in [-0.25, -0.2) is 0 Å². The Labute approximate surface area is 196 Å². The minimum absolute atomic E-state index is 0.0976. The van der Waals surface area contributed by atoms with Crippen LogP contribution >= 0.6 is 58.2 Å². The van der Waals surface area contributed by atoms with Crippen LogP contribution in [0.2, 0.25) is 20.1 Å². The number of carbonyl (C=O) groups excluding carboxylic acids is 2. The first-order valence-corrected chi connectivity index (χ1v) is 10.9. The van der Waals surface area contributed by atoms with E-state index in [4.69, 9.17) is 50.8 Å². The highest BCUT2D eigenvalue weighted by molar-refractivity contribution is 8.18. The number of furan rings is 1. The Morgan fingerprint density at radius 2 is 1.73 bits per heavy atom. The monoisotopic (exact) mass is 497 g/mol. The molecule has 1 saturated heterocycles. The zero-order valence-electron chi connectivity index (χ0n) is 15.0. The third kappa shape index (κ3) is 4.27. The third-order valence-electron chi connectivity index (χ3n) is 4.32. The molecule has 1 aromatic heterocycles. The van der Waals surface area contributed by atoms with Crippen LogP contribution in [-0.4, -0.2) is 16.0 Å². The summed E-state index contributed by atoms with van der Waals surface area (Å²) in [6, 6.07) is 13.6. The lowest BCUT2D eigenvalue weighted by Gasteiger charge is -2.12. The maximum absolute atomic E-state index is 12.7. The van der Waals surface area contributed by atoms with Gasteiger partial charge in [-0.15, -0.1) is 0 Å². The minimum Gasteiger partial charge on any atom is -0.457 e. The van der Waals surface area contributed by atoms with E-state index >= 15 is 0 Å². The van der Waals surface area contributed by atoms with E-state index in [2.05, 4.69) is 0 Å². The molecule has 0 bridgehead atoms. The average molecular weight is 499 g/mol. The third-order valence-corrected chi connectivity index (χ3v) is 6.78. The van der Waals surface area contributed by atoms with Gasteiger partial charge in [0.1, 0.15) is 11.5 Å². The number of hydrogen-bond acceptors (Lipinski definition) is 4. The second kappa shape index (κ2) is 8.69. The van der Waals surface area contributed by atoms with E-state index in [1.165, 1.54) is 6.08 Å². The molecule has 3 aromatic rings. The number of benzene rings is 2. The van der Waals surface area contributed by atoms with Crippen molar-refractivity contribution in [2.75, 3.05) is 0 Å². The SMILES string of the molecule is O=C1S/C(=C\c2ccc(-c3cccc(Cl)c3Cl)o2)C(=O)N1Cc1ccc(Cl)c(Cl)c1. The van der Waals surface area contributed by atoms with Crippen molar-refractivity contribution in [3.63, 3.8) is 0 Å². The molecule has 0 radical (unpaired) electrons. The molecule has 1 aliphatic heterocycles. The highest BCUT2D eigenvalue weighted by Crippen LogP contribution is 2.37. The van der Waals surface area contributed by atoms with Crippen molar-refractivity contribution in [2.45, 2.75) is 6.54 Å². The summed E-state index contributed by atoms with van der Waals surface area (Å²) in [5.41, 5.74) is 1.33. The first-order valence-electron chi connectivity index (χ1n) is 8.57. The first kappa shape index (κ1) is 21.3. The maximum Gasteiger partial charge on any atom is 0.293 e. The van der Waals surface area contributed by atoms with Crippen LogP contribution in [0.25, 0.3) is 17.4 Å². The van der Waals surface area contributed by atoms with E-state index in [0.717, 1.165) is 16.7 Å². The molecular formula is C21H11Cl4NO3S. The lowest BCUT2D eigenvalue weighted by atomic mass is 10.2. The van der Waals surface area contributed by atoms with Gasteiger partial charge < -0.3 is 4.42 Å². The molecule has 0 spiro atoms. The van der Waals surface area contributed by atoms with Gasteiger partial charge in [0.2, 0.25) is 0 Å². The molecule has 2 amide bonds. The van der Waals surface area contributed by atoms with Crippen molar-refractivity contribution in [3.05, 3.63) is 84.9 Å². The van der Waals surface area contributed by atoms with Gasteiger partial charge in [-0.2, -0.15) is 0 Å². The molecule has 1 aliphatic rings.